The average Bonchev–Trinajstić information content (AvgIpc) is 2.76. The zero-order valence-electron chi connectivity index (χ0n) is 17.1. The number of benzene rings is 2. The summed E-state index contributed by atoms with van der Waals surface area (Å²) in [6.45, 7) is -2.06. The fraction of sp³-hybridized carbons (Fsp3) is 0.182. The van der Waals surface area contributed by atoms with Crippen molar-refractivity contribution in [3.8, 4) is 11.5 Å². The molecule has 2 aromatic carbocycles. The van der Waals surface area contributed by atoms with Crippen LogP contribution >= 0.6 is 0 Å². The molecular formula is C22H18F2N2O6. The number of esters is 1. The predicted molar refractivity (Wildman–Crippen MR) is 109 cm³/mol. The molecule has 2 amide bonds. The zero-order valence-corrected chi connectivity index (χ0v) is 17.1. The summed E-state index contributed by atoms with van der Waals surface area (Å²) in [5, 5.41) is 2.70. The molecule has 0 fully saturated rings. The molecule has 166 valence electrons. The first kappa shape index (κ1) is 22.6. The van der Waals surface area contributed by atoms with Crippen molar-refractivity contribution in [1.29, 1.82) is 0 Å². The predicted octanol–water partition coefficient (Wildman–Crippen LogP) is 3.27. The van der Waals surface area contributed by atoms with E-state index >= 15 is 0 Å². The fourth-order valence-electron chi connectivity index (χ4n) is 2.82. The average molecular weight is 444 g/mol. The molecule has 0 atom stereocenters. The SMILES string of the molecule is COc1ccc2nc(C)c(C(=O)OCC(=O)NC(=O)c3ccc(OC(F)F)cc3)cc2c1. The minimum absolute atomic E-state index is 0.0369. The number of aryl methyl sites for hydroxylation is 1. The molecule has 0 bridgehead atoms. The highest BCUT2D eigenvalue weighted by Crippen LogP contribution is 2.22. The van der Waals surface area contributed by atoms with E-state index in [2.05, 4.69) is 9.72 Å². The van der Waals surface area contributed by atoms with Crippen molar-refractivity contribution >= 4 is 28.7 Å². The summed E-state index contributed by atoms with van der Waals surface area (Å²) in [5.41, 5.74) is 1.28. The molecule has 1 N–H and O–H groups in total. The molecule has 8 nitrogen and oxygen atoms in total. The summed E-state index contributed by atoms with van der Waals surface area (Å²) in [6.07, 6.45) is 0. The second-order valence-electron chi connectivity index (χ2n) is 6.54. The van der Waals surface area contributed by atoms with Gasteiger partial charge in [-0.3, -0.25) is 19.9 Å². The van der Waals surface area contributed by atoms with Gasteiger partial charge in [-0.1, -0.05) is 0 Å². The second-order valence-corrected chi connectivity index (χ2v) is 6.54. The molecule has 1 heterocycles. The number of methoxy groups -OCH3 is 1. The van der Waals surface area contributed by atoms with Gasteiger partial charge in [0.15, 0.2) is 6.61 Å². The largest absolute Gasteiger partial charge is 0.497 e. The van der Waals surface area contributed by atoms with Gasteiger partial charge in [0.25, 0.3) is 11.8 Å². The number of rotatable bonds is 7. The van der Waals surface area contributed by atoms with Crippen molar-refractivity contribution < 1.29 is 37.4 Å². The van der Waals surface area contributed by atoms with Crippen LogP contribution in [0.1, 0.15) is 26.4 Å². The highest BCUT2D eigenvalue weighted by Gasteiger charge is 2.17. The Morgan fingerprint density at radius 3 is 2.38 bits per heavy atom. The molecule has 0 aliphatic carbocycles. The Bertz CT molecular complexity index is 1170. The number of aromatic nitrogens is 1. The van der Waals surface area contributed by atoms with Crippen molar-refractivity contribution in [3.05, 3.63) is 65.4 Å². The molecule has 32 heavy (non-hydrogen) atoms. The van der Waals surface area contributed by atoms with Crippen LogP contribution in [0.25, 0.3) is 10.9 Å². The van der Waals surface area contributed by atoms with Crippen LogP contribution in [-0.2, 0) is 9.53 Å². The highest BCUT2D eigenvalue weighted by atomic mass is 19.3. The first-order chi connectivity index (χ1) is 15.3. The Labute approximate surface area is 181 Å². The minimum Gasteiger partial charge on any atom is -0.497 e. The van der Waals surface area contributed by atoms with Crippen molar-refractivity contribution in [2.24, 2.45) is 0 Å². The Morgan fingerprint density at radius 2 is 1.72 bits per heavy atom. The number of pyridine rings is 1. The second kappa shape index (κ2) is 9.82. The molecule has 3 aromatic rings. The first-order valence-electron chi connectivity index (χ1n) is 9.28. The van der Waals surface area contributed by atoms with E-state index < -0.39 is 31.0 Å². The molecule has 0 saturated carbocycles. The fourth-order valence-corrected chi connectivity index (χ4v) is 2.82. The van der Waals surface area contributed by atoms with Gasteiger partial charge in [-0.25, -0.2) is 4.79 Å². The van der Waals surface area contributed by atoms with Crippen LogP contribution in [0.15, 0.2) is 48.5 Å². The van der Waals surface area contributed by atoms with Gasteiger partial charge in [0.05, 0.1) is 23.9 Å². The van der Waals surface area contributed by atoms with E-state index in [1.807, 2.05) is 5.32 Å². The quantitative estimate of drug-likeness (QED) is 0.558. The van der Waals surface area contributed by atoms with Crippen molar-refractivity contribution in [3.63, 3.8) is 0 Å². The lowest BCUT2D eigenvalue weighted by molar-refractivity contribution is -0.123. The smallest absolute Gasteiger partial charge is 0.387 e. The summed E-state index contributed by atoms with van der Waals surface area (Å²) in [6, 6.07) is 11.5. The maximum atomic E-state index is 12.4. The van der Waals surface area contributed by atoms with Crippen LogP contribution in [0, 0.1) is 6.92 Å². The molecule has 0 saturated heterocycles. The van der Waals surface area contributed by atoms with Gasteiger partial charge in [0, 0.05) is 10.9 Å². The summed E-state index contributed by atoms with van der Waals surface area (Å²) in [7, 11) is 1.52. The number of nitrogens with one attached hydrogen (secondary N) is 1. The van der Waals surface area contributed by atoms with Crippen LogP contribution in [0.5, 0.6) is 11.5 Å². The van der Waals surface area contributed by atoms with Crippen LogP contribution in [0.2, 0.25) is 0 Å². The van der Waals surface area contributed by atoms with Gasteiger partial charge in [0.1, 0.15) is 11.5 Å². The number of carbonyl (C=O) groups is 3. The molecular weight excluding hydrogens is 426 g/mol. The molecule has 0 radical (unpaired) electrons. The Kier molecular flexibility index (Phi) is 6.93. The molecule has 0 aliphatic rings. The van der Waals surface area contributed by atoms with E-state index in [9.17, 15) is 23.2 Å². The monoisotopic (exact) mass is 444 g/mol. The van der Waals surface area contributed by atoms with Crippen LogP contribution in [0.4, 0.5) is 8.78 Å². The normalized spacial score (nSPS) is 10.7. The van der Waals surface area contributed by atoms with E-state index in [0.29, 0.717) is 22.3 Å². The van der Waals surface area contributed by atoms with Crippen molar-refractivity contribution in [2.45, 2.75) is 13.5 Å². The maximum Gasteiger partial charge on any atom is 0.387 e. The molecule has 1 aromatic heterocycles. The van der Waals surface area contributed by atoms with E-state index in [4.69, 9.17) is 9.47 Å². The Balaban J connectivity index is 1.60. The van der Waals surface area contributed by atoms with Gasteiger partial charge >= 0.3 is 12.6 Å². The number of carbonyl (C=O) groups excluding carboxylic acids is 3. The molecule has 0 aliphatic heterocycles. The molecule has 0 spiro atoms. The molecule has 0 unspecified atom stereocenters. The number of hydrogen-bond donors (Lipinski definition) is 1. The summed E-state index contributed by atoms with van der Waals surface area (Å²) in [5.74, 6) is -1.96. The van der Waals surface area contributed by atoms with Gasteiger partial charge < -0.3 is 14.2 Å². The lowest BCUT2D eigenvalue weighted by Crippen LogP contribution is -2.34. The van der Waals surface area contributed by atoms with Gasteiger partial charge in [0.2, 0.25) is 0 Å². The third-order valence-corrected chi connectivity index (χ3v) is 4.36. The summed E-state index contributed by atoms with van der Waals surface area (Å²) in [4.78, 5) is 40.8. The van der Waals surface area contributed by atoms with Crippen LogP contribution in [0.3, 0.4) is 0 Å². The summed E-state index contributed by atoms with van der Waals surface area (Å²) < 4.78 is 38.7. The summed E-state index contributed by atoms with van der Waals surface area (Å²) >= 11 is 0. The number of fused-ring (bicyclic) bond motifs is 1. The Hall–Kier alpha value is -4.08. The van der Waals surface area contributed by atoms with Gasteiger partial charge in [-0.2, -0.15) is 8.78 Å². The first-order valence-corrected chi connectivity index (χ1v) is 9.28. The Morgan fingerprint density at radius 1 is 1.03 bits per heavy atom. The lowest BCUT2D eigenvalue weighted by atomic mass is 10.1. The van der Waals surface area contributed by atoms with Crippen molar-refractivity contribution in [1.82, 2.24) is 10.3 Å². The number of alkyl halides is 2. The zero-order chi connectivity index (χ0) is 23.3. The number of amides is 2. The van der Waals surface area contributed by atoms with E-state index in [-0.39, 0.29) is 16.9 Å². The standard InChI is InChI=1S/C22H18F2N2O6/c1-12-17(10-14-9-16(30-2)7-8-18(14)25-12)21(29)31-11-19(27)26-20(28)13-3-5-15(6-4-13)32-22(23)24/h3-10,22H,11H2,1-2H3,(H,26,27,28). The van der Waals surface area contributed by atoms with Crippen LogP contribution in [-0.4, -0.2) is 43.1 Å². The number of hydrogen-bond acceptors (Lipinski definition) is 7. The molecule has 3 rings (SSSR count). The number of nitrogens with zero attached hydrogens (tertiary/aromatic N) is 1. The highest BCUT2D eigenvalue weighted by molar-refractivity contribution is 6.05. The number of ether oxygens (including phenoxy) is 3. The lowest BCUT2D eigenvalue weighted by Gasteiger charge is -2.09. The topological polar surface area (TPSA) is 104 Å². The number of imide groups is 1. The number of halogens is 2. The van der Waals surface area contributed by atoms with Gasteiger partial charge in [-0.15, -0.1) is 0 Å². The van der Waals surface area contributed by atoms with Crippen molar-refractivity contribution in [2.75, 3.05) is 13.7 Å². The third-order valence-electron chi connectivity index (χ3n) is 4.36. The van der Waals surface area contributed by atoms with E-state index in [1.54, 1.807) is 31.2 Å². The van der Waals surface area contributed by atoms with E-state index in [0.717, 1.165) is 12.1 Å². The minimum atomic E-state index is -2.99. The van der Waals surface area contributed by atoms with Gasteiger partial charge in [-0.05, 0) is 55.5 Å². The van der Waals surface area contributed by atoms with E-state index in [1.165, 1.54) is 19.2 Å². The maximum absolute atomic E-state index is 12.4. The van der Waals surface area contributed by atoms with Crippen LogP contribution < -0.4 is 14.8 Å². The third kappa shape index (κ3) is 5.54. The molecule has 10 heteroatoms.